The molecule has 3 N–H and O–H groups in total. The number of ketones is 1. The summed E-state index contributed by atoms with van der Waals surface area (Å²) in [5.74, 6) is 0.0787. The smallest absolute Gasteiger partial charge is 0.339 e. The molecule has 10 heteroatoms. The molecule has 0 aliphatic carbocycles. The Kier molecular flexibility index (Phi) is 7.09. The average molecular weight is 468 g/mol. The van der Waals surface area contributed by atoms with Gasteiger partial charge < -0.3 is 14.8 Å². The van der Waals surface area contributed by atoms with Crippen LogP contribution < -0.4 is 20.1 Å². The second-order valence-electron chi connectivity index (χ2n) is 7.04. The number of benzene rings is 3. The first kappa shape index (κ1) is 23.5. The van der Waals surface area contributed by atoms with Crippen molar-refractivity contribution in [1.82, 2.24) is 5.32 Å². The fourth-order valence-electron chi connectivity index (χ4n) is 2.69. The van der Waals surface area contributed by atoms with Crippen molar-refractivity contribution in [1.29, 1.82) is 0 Å². The third kappa shape index (κ3) is 6.65. The first-order chi connectivity index (χ1) is 15.6. The molecule has 0 bridgehead atoms. The van der Waals surface area contributed by atoms with Crippen molar-refractivity contribution < 1.29 is 27.0 Å². The average Bonchev–Trinajstić information content (AvgIpc) is 2.76. The van der Waals surface area contributed by atoms with Crippen LogP contribution in [0.4, 0.5) is 21.0 Å². The first-order valence-corrected chi connectivity index (χ1v) is 11.1. The summed E-state index contributed by atoms with van der Waals surface area (Å²) < 4.78 is 29.9. The van der Waals surface area contributed by atoms with E-state index >= 15 is 0 Å². The number of imide groups is 1. The molecule has 0 aliphatic heterocycles. The van der Waals surface area contributed by atoms with E-state index in [1.54, 1.807) is 36.4 Å². The fourth-order valence-corrected chi connectivity index (χ4v) is 3.62. The molecule has 0 unspecified atom stereocenters. The number of anilines is 2. The molecule has 0 saturated carbocycles. The summed E-state index contributed by atoms with van der Waals surface area (Å²) in [7, 11) is -4.05. The van der Waals surface area contributed by atoms with E-state index in [2.05, 4.69) is 16.0 Å². The summed E-state index contributed by atoms with van der Waals surface area (Å²) in [5.41, 5.74) is 2.12. The lowest BCUT2D eigenvalue weighted by Gasteiger charge is -2.10. The molecule has 0 atom stereocenters. The quantitative estimate of drug-likeness (QED) is 0.366. The third-order valence-corrected chi connectivity index (χ3v) is 5.67. The molecular weight excluding hydrogens is 446 g/mol. The zero-order valence-electron chi connectivity index (χ0n) is 17.8. The van der Waals surface area contributed by atoms with Crippen LogP contribution in [-0.2, 0) is 10.1 Å². The Bertz CT molecular complexity index is 1270. The Labute approximate surface area is 190 Å². The molecule has 9 nitrogen and oxygen atoms in total. The van der Waals surface area contributed by atoms with Crippen LogP contribution >= 0.6 is 0 Å². The van der Waals surface area contributed by atoms with Crippen LogP contribution in [0.15, 0.2) is 77.7 Å². The lowest BCUT2D eigenvalue weighted by molar-refractivity contribution is 0.101. The predicted octanol–water partition coefficient (Wildman–Crippen LogP) is 4.32. The van der Waals surface area contributed by atoms with Gasteiger partial charge in [0.1, 0.15) is 10.6 Å². The molecule has 170 valence electrons. The van der Waals surface area contributed by atoms with E-state index in [-0.39, 0.29) is 22.1 Å². The maximum absolute atomic E-state index is 12.4. The number of hydrogen-bond acceptors (Lipinski definition) is 6. The van der Waals surface area contributed by atoms with Gasteiger partial charge in [-0.1, -0.05) is 17.7 Å². The standard InChI is InChI=1S/C23H21N3O6S/c1-15-3-11-20(12-4-15)32-33(30,31)21-13-9-19(10-14-21)25-23(29)26-22(28)24-18-7-5-17(6-8-18)16(2)27/h3-14H,1-2H3,(H3,24,25,26,28,29). The van der Waals surface area contributed by atoms with Gasteiger partial charge in [0.05, 0.1) is 0 Å². The van der Waals surface area contributed by atoms with Gasteiger partial charge in [0.25, 0.3) is 0 Å². The lowest BCUT2D eigenvalue weighted by atomic mass is 10.1. The molecule has 0 spiro atoms. The Hall–Kier alpha value is -4.18. The van der Waals surface area contributed by atoms with E-state index in [9.17, 15) is 22.8 Å². The monoisotopic (exact) mass is 467 g/mol. The Morgan fingerprint density at radius 2 is 1.21 bits per heavy atom. The van der Waals surface area contributed by atoms with E-state index in [4.69, 9.17) is 4.18 Å². The van der Waals surface area contributed by atoms with Crippen LogP contribution in [0, 0.1) is 6.92 Å². The van der Waals surface area contributed by atoms with Gasteiger partial charge in [0.2, 0.25) is 0 Å². The summed E-state index contributed by atoms with van der Waals surface area (Å²) in [5, 5.41) is 6.97. The second kappa shape index (κ2) is 9.96. The summed E-state index contributed by atoms with van der Waals surface area (Å²) in [6.07, 6.45) is 0. The molecule has 3 aromatic carbocycles. The van der Waals surface area contributed by atoms with Gasteiger partial charge in [-0.15, -0.1) is 0 Å². The van der Waals surface area contributed by atoms with E-state index in [1.165, 1.54) is 43.3 Å². The van der Waals surface area contributed by atoms with Crippen molar-refractivity contribution in [3.63, 3.8) is 0 Å². The van der Waals surface area contributed by atoms with Crippen LogP contribution in [0.3, 0.4) is 0 Å². The van der Waals surface area contributed by atoms with Gasteiger partial charge in [-0.05, 0) is 74.5 Å². The topological polar surface area (TPSA) is 131 Å². The number of hydrogen-bond donors (Lipinski definition) is 3. The molecule has 0 aliphatic rings. The minimum Gasteiger partial charge on any atom is -0.379 e. The number of carbonyl (C=O) groups excluding carboxylic acids is 3. The number of aryl methyl sites for hydroxylation is 1. The molecule has 0 radical (unpaired) electrons. The largest absolute Gasteiger partial charge is 0.379 e. The highest BCUT2D eigenvalue weighted by molar-refractivity contribution is 7.87. The maximum atomic E-state index is 12.4. The molecule has 3 rings (SSSR count). The van der Waals surface area contributed by atoms with Gasteiger partial charge in [-0.3, -0.25) is 10.1 Å². The third-order valence-electron chi connectivity index (χ3n) is 4.40. The minimum atomic E-state index is -4.05. The van der Waals surface area contributed by atoms with Crippen molar-refractivity contribution in [3.8, 4) is 5.75 Å². The van der Waals surface area contributed by atoms with Crippen LogP contribution in [0.2, 0.25) is 0 Å². The minimum absolute atomic E-state index is 0.0965. The Morgan fingerprint density at radius 3 is 1.70 bits per heavy atom. The van der Waals surface area contributed by atoms with E-state index in [1.807, 2.05) is 6.92 Å². The zero-order chi connectivity index (χ0) is 24.0. The molecule has 0 aromatic heterocycles. The summed E-state index contributed by atoms with van der Waals surface area (Å²) in [6, 6.07) is 16.4. The highest BCUT2D eigenvalue weighted by atomic mass is 32.2. The normalized spacial score (nSPS) is 10.7. The fraction of sp³-hybridized carbons (Fsp3) is 0.0870. The number of rotatable bonds is 6. The summed E-state index contributed by atoms with van der Waals surface area (Å²) >= 11 is 0. The summed E-state index contributed by atoms with van der Waals surface area (Å²) in [6.45, 7) is 3.30. The SMILES string of the molecule is CC(=O)c1ccc(NC(=O)NC(=O)Nc2ccc(S(=O)(=O)Oc3ccc(C)cc3)cc2)cc1. The van der Waals surface area contributed by atoms with E-state index in [0.29, 0.717) is 11.3 Å². The molecule has 4 amide bonds. The van der Waals surface area contributed by atoms with Gasteiger partial charge >= 0.3 is 22.2 Å². The predicted molar refractivity (Wildman–Crippen MR) is 123 cm³/mol. The van der Waals surface area contributed by atoms with E-state index in [0.717, 1.165) is 5.56 Å². The van der Waals surface area contributed by atoms with Gasteiger partial charge in [-0.25, -0.2) is 9.59 Å². The van der Waals surface area contributed by atoms with Crippen molar-refractivity contribution >= 4 is 39.3 Å². The van der Waals surface area contributed by atoms with Crippen LogP contribution in [-0.4, -0.2) is 26.3 Å². The molecule has 3 aromatic rings. The molecular formula is C23H21N3O6S. The Balaban J connectivity index is 1.55. The van der Waals surface area contributed by atoms with Crippen molar-refractivity contribution in [2.45, 2.75) is 18.7 Å². The highest BCUT2D eigenvalue weighted by Gasteiger charge is 2.17. The molecule has 0 saturated heterocycles. The summed E-state index contributed by atoms with van der Waals surface area (Å²) in [4.78, 5) is 35.2. The van der Waals surface area contributed by atoms with Crippen molar-refractivity contribution in [2.24, 2.45) is 0 Å². The first-order valence-electron chi connectivity index (χ1n) is 9.73. The van der Waals surface area contributed by atoms with Gasteiger partial charge in [0.15, 0.2) is 5.78 Å². The number of urea groups is 2. The van der Waals surface area contributed by atoms with Crippen molar-refractivity contribution in [2.75, 3.05) is 10.6 Å². The number of amides is 4. The molecule has 0 fully saturated rings. The highest BCUT2D eigenvalue weighted by Crippen LogP contribution is 2.20. The van der Waals surface area contributed by atoms with Crippen LogP contribution in [0.1, 0.15) is 22.8 Å². The second-order valence-corrected chi connectivity index (χ2v) is 8.59. The maximum Gasteiger partial charge on any atom is 0.339 e. The molecule has 0 heterocycles. The van der Waals surface area contributed by atoms with Crippen molar-refractivity contribution in [3.05, 3.63) is 83.9 Å². The van der Waals surface area contributed by atoms with Crippen LogP contribution in [0.25, 0.3) is 0 Å². The van der Waals surface area contributed by atoms with E-state index < -0.39 is 22.2 Å². The van der Waals surface area contributed by atoms with Gasteiger partial charge in [0, 0.05) is 16.9 Å². The molecule has 33 heavy (non-hydrogen) atoms. The van der Waals surface area contributed by atoms with Gasteiger partial charge in [-0.2, -0.15) is 8.42 Å². The number of carbonyl (C=O) groups is 3. The lowest BCUT2D eigenvalue weighted by Crippen LogP contribution is -2.37. The Morgan fingerprint density at radius 1 is 0.727 bits per heavy atom. The number of nitrogens with one attached hydrogen (secondary N) is 3. The number of Topliss-reactive ketones (excluding diaryl/α,β-unsaturated/α-hetero) is 1. The van der Waals surface area contributed by atoms with Crippen LogP contribution in [0.5, 0.6) is 5.75 Å². The zero-order valence-corrected chi connectivity index (χ0v) is 18.6.